The van der Waals surface area contributed by atoms with Gasteiger partial charge in [0.25, 0.3) is 0 Å². The fourth-order valence-corrected chi connectivity index (χ4v) is 5.14. The second kappa shape index (κ2) is 9.60. The lowest BCUT2D eigenvalue weighted by atomic mass is 10.0. The zero-order valence-electron chi connectivity index (χ0n) is 17.0. The average molecular weight is 442 g/mol. The van der Waals surface area contributed by atoms with Crippen LogP contribution in [0.3, 0.4) is 0 Å². The maximum Gasteiger partial charge on any atom is 0.249 e. The molecule has 2 aliphatic rings. The fraction of sp³-hybridized carbons (Fsp3) is 0.391. The molecule has 0 bridgehead atoms. The quantitative estimate of drug-likeness (QED) is 0.741. The summed E-state index contributed by atoms with van der Waals surface area (Å²) < 4.78 is 14.1. The molecule has 0 spiro atoms. The van der Waals surface area contributed by atoms with Crippen molar-refractivity contribution in [3.05, 3.63) is 60.2 Å². The summed E-state index contributed by atoms with van der Waals surface area (Å²) in [6.07, 6.45) is 5.55. The van der Waals surface area contributed by atoms with Crippen molar-refractivity contribution < 1.29 is 18.8 Å². The van der Waals surface area contributed by atoms with Crippen molar-refractivity contribution in [2.75, 3.05) is 10.7 Å². The fourth-order valence-electron chi connectivity index (χ4n) is 4.17. The lowest BCUT2D eigenvalue weighted by Gasteiger charge is -2.33. The summed E-state index contributed by atoms with van der Waals surface area (Å²) in [5.41, 5.74) is 0.666. The van der Waals surface area contributed by atoms with E-state index in [1.54, 1.807) is 30.5 Å². The smallest absolute Gasteiger partial charge is 0.249 e. The molecular weight excluding hydrogens is 417 g/mol. The number of nitrogens with zero attached hydrogens (tertiary/aromatic N) is 2. The normalized spacial score (nSPS) is 19.9. The zero-order chi connectivity index (χ0) is 21.8. The van der Waals surface area contributed by atoms with E-state index in [-0.39, 0.29) is 35.1 Å². The molecule has 1 aromatic heterocycles. The van der Waals surface area contributed by atoms with E-state index in [1.165, 1.54) is 23.1 Å². The van der Waals surface area contributed by atoms with Crippen LogP contribution in [0.5, 0.6) is 0 Å². The van der Waals surface area contributed by atoms with Crippen LogP contribution in [0.1, 0.15) is 43.8 Å². The van der Waals surface area contributed by atoms with Crippen molar-refractivity contribution in [3.8, 4) is 0 Å². The summed E-state index contributed by atoms with van der Waals surface area (Å²) in [6.45, 7) is 0. The highest BCUT2D eigenvalue weighted by atomic mass is 32.2. The second-order valence-electron chi connectivity index (χ2n) is 7.92. The summed E-state index contributed by atoms with van der Waals surface area (Å²) in [5, 5.41) is 3.00. The Bertz CT molecular complexity index is 966. The number of benzene rings is 1. The van der Waals surface area contributed by atoms with Gasteiger partial charge in [0, 0.05) is 30.1 Å². The lowest BCUT2D eigenvalue weighted by molar-refractivity contribution is -0.129. The van der Waals surface area contributed by atoms with Gasteiger partial charge in [0.05, 0.1) is 11.6 Å². The molecule has 4 rings (SSSR count). The van der Waals surface area contributed by atoms with E-state index in [1.807, 2.05) is 0 Å². The number of nitrogens with one attached hydrogen (secondary N) is 1. The van der Waals surface area contributed by atoms with E-state index >= 15 is 0 Å². The summed E-state index contributed by atoms with van der Waals surface area (Å²) in [4.78, 5) is 44.5. The van der Waals surface area contributed by atoms with Crippen LogP contribution in [0.2, 0.25) is 0 Å². The van der Waals surface area contributed by atoms with Crippen molar-refractivity contribution in [2.45, 2.75) is 44.2 Å². The molecule has 2 atom stereocenters. The number of rotatable bonds is 6. The number of anilines is 1. The standard InChI is InChI=1S/C23H24FN3O3S/c24-16-6-5-9-18(13-16)27(23(30)15-12-20(28)31-14-15)21(19-10-3-4-11-25-19)22(29)26-17-7-1-2-8-17/h3-6,9-11,13,15,17,21H,1-2,7-8,12,14H2,(H,26,29)/t15-,21+/m1/s1. The molecule has 31 heavy (non-hydrogen) atoms. The molecule has 2 heterocycles. The Hall–Kier alpha value is -2.74. The highest BCUT2D eigenvalue weighted by Crippen LogP contribution is 2.34. The average Bonchev–Trinajstić information content (AvgIpc) is 3.43. The maximum atomic E-state index is 14.1. The van der Waals surface area contributed by atoms with Gasteiger partial charge in [0.1, 0.15) is 5.82 Å². The van der Waals surface area contributed by atoms with Crippen molar-refractivity contribution in [2.24, 2.45) is 5.92 Å². The third kappa shape index (κ3) is 4.95. The number of hydrogen-bond donors (Lipinski definition) is 1. The van der Waals surface area contributed by atoms with Crippen LogP contribution in [0.25, 0.3) is 0 Å². The number of pyridine rings is 1. The largest absolute Gasteiger partial charge is 0.351 e. The Labute approximate surface area is 184 Å². The summed E-state index contributed by atoms with van der Waals surface area (Å²) in [5.74, 6) is -1.45. The van der Waals surface area contributed by atoms with Gasteiger partial charge in [-0.3, -0.25) is 24.3 Å². The first-order chi connectivity index (χ1) is 15.0. The Kier molecular flexibility index (Phi) is 6.65. The highest BCUT2D eigenvalue weighted by molar-refractivity contribution is 8.14. The molecule has 6 nitrogen and oxygen atoms in total. The number of carbonyl (C=O) groups is 3. The van der Waals surface area contributed by atoms with Crippen LogP contribution in [0, 0.1) is 11.7 Å². The summed E-state index contributed by atoms with van der Waals surface area (Å²) in [6, 6.07) is 9.79. The monoisotopic (exact) mass is 441 g/mol. The van der Waals surface area contributed by atoms with Crippen LogP contribution in [-0.4, -0.2) is 33.7 Å². The second-order valence-corrected chi connectivity index (χ2v) is 9.00. The zero-order valence-corrected chi connectivity index (χ0v) is 17.8. The number of amides is 2. The number of hydrogen-bond acceptors (Lipinski definition) is 5. The Morgan fingerprint density at radius 2 is 1.97 bits per heavy atom. The van der Waals surface area contributed by atoms with E-state index in [2.05, 4.69) is 10.3 Å². The van der Waals surface area contributed by atoms with Gasteiger partial charge in [0.2, 0.25) is 11.8 Å². The van der Waals surface area contributed by atoms with Gasteiger partial charge < -0.3 is 5.32 Å². The first kappa shape index (κ1) is 21.5. The number of thioether (sulfide) groups is 1. The van der Waals surface area contributed by atoms with Gasteiger partial charge >= 0.3 is 0 Å². The molecule has 1 saturated heterocycles. The van der Waals surface area contributed by atoms with Gasteiger partial charge in [-0.25, -0.2) is 4.39 Å². The molecule has 2 amide bonds. The number of carbonyl (C=O) groups excluding carboxylic acids is 3. The van der Waals surface area contributed by atoms with Crippen molar-refractivity contribution in [3.63, 3.8) is 0 Å². The molecule has 1 aromatic carbocycles. The van der Waals surface area contributed by atoms with E-state index in [4.69, 9.17) is 0 Å². The molecule has 2 aromatic rings. The molecule has 1 aliphatic carbocycles. The third-order valence-corrected chi connectivity index (χ3v) is 6.77. The van der Waals surface area contributed by atoms with Crippen molar-refractivity contribution >= 4 is 34.4 Å². The minimum Gasteiger partial charge on any atom is -0.351 e. The van der Waals surface area contributed by atoms with Crippen molar-refractivity contribution in [1.29, 1.82) is 0 Å². The lowest BCUT2D eigenvalue weighted by Crippen LogP contribution is -2.48. The minimum atomic E-state index is -1.06. The predicted molar refractivity (Wildman–Crippen MR) is 117 cm³/mol. The molecule has 1 saturated carbocycles. The van der Waals surface area contributed by atoms with Crippen LogP contribution >= 0.6 is 11.8 Å². The Morgan fingerprint density at radius 3 is 2.61 bits per heavy atom. The van der Waals surface area contributed by atoms with E-state index < -0.39 is 17.8 Å². The van der Waals surface area contributed by atoms with Gasteiger partial charge in [-0.1, -0.05) is 36.7 Å². The molecule has 1 aliphatic heterocycles. The van der Waals surface area contributed by atoms with Gasteiger partial charge in [-0.05, 0) is 43.2 Å². The number of aromatic nitrogens is 1. The van der Waals surface area contributed by atoms with Crippen LogP contribution in [0.15, 0.2) is 48.7 Å². The van der Waals surface area contributed by atoms with Gasteiger partial charge in [0.15, 0.2) is 11.2 Å². The van der Waals surface area contributed by atoms with E-state index in [0.717, 1.165) is 37.4 Å². The summed E-state index contributed by atoms with van der Waals surface area (Å²) >= 11 is 1.11. The predicted octanol–water partition coefficient (Wildman–Crippen LogP) is 3.63. The molecule has 2 fully saturated rings. The highest BCUT2D eigenvalue weighted by Gasteiger charge is 2.40. The number of halogens is 1. The van der Waals surface area contributed by atoms with Crippen LogP contribution < -0.4 is 10.2 Å². The van der Waals surface area contributed by atoms with Gasteiger partial charge in [-0.2, -0.15) is 0 Å². The van der Waals surface area contributed by atoms with Crippen LogP contribution in [0.4, 0.5) is 10.1 Å². The van der Waals surface area contributed by atoms with E-state index in [0.29, 0.717) is 11.4 Å². The SMILES string of the molecule is O=C1C[C@@H](C(=O)N(c2cccc(F)c2)[C@H](C(=O)NC2CCCC2)c2ccccn2)CS1. The maximum absolute atomic E-state index is 14.1. The first-order valence-corrected chi connectivity index (χ1v) is 11.5. The molecule has 8 heteroatoms. The molecule has 0 unspecified atom stereocenters. The minimum absolute atomic E-state index is 0.0480. The van der Waals surface area contributed by atoms with E-state index in [9.17, 15) is 18.8 Å². The third-order valence-electron chi connectivity index (χ3n) is 5.71. The molecular formula is C23H24FN3O3S. The van der Waals surface area contributed by atoms with Crippen LogP contribution in [-0.2, 0) is 14.4 Å². The van der Waals surface area contributed by atoms with Gasteiger partial charge in [-0.15, -0.1) is 0 Å². The Balaban J connectivity index is 1.75. The summed E-state index contributed by atoms with van der Waals surface area (Å²) in [7, 11) is 0. The topological polar surface area (TPSA) is 79.4 Å². The molecule has 0 radical (unpaired) electrons. The molecule has 162 valence electrons. The first-order valence-electron chi connectivity index (χ1n) is 10.5. The molecule has 1 N–H and O–H groups in total. The Morgan fingerprint density at radius 1 is 1.16 bits per heavy atom. The van der Waals surface area contributed by atoms with Crippen molar-refractivity contribution in [1.82, 2.24) is 10.3 Å².